The second-order valence-corrected chi connectivity index (χ2v) is 9.69. The van der Waals surface area contributed by atoms with Crippen LogP contribution in [-0.4, -0.2) is 39.0 Å². The summed E-state index contributed by atoms with van der Waals surface area (Å²) in [6, 6.07) is 16.8. The highest BCUT2D eigenvalue weighted by molar-refractivity contribution is 5.85. The van der Waals surface area contributed by atoms with Crippen LogP contribution in [0.2, 0.25) is 0 Å². The molecular formula is C34H42O5. The number of allylic oxidation sites excluding steroid dienone is 6. The normalized spacial score (nSPS) is 19.2. The number of hydrogen-bond acceptors (Lipinski definition) is 5. The average molecular weight is 531 g/mol. The summed E-state index contributed by atoms with van der Waals surface area (Å²) in [5.74, 6) is 1.69. The SMILES string of the molecule is C=C/C=C(\C=C/C)C(/CC)=C(\c1ccc(OCCCC2OCCO2)cc1)c1ccc(OC2CCCCO2)cc1. The number of rotatable bonds is 13. The van der Waals surface area contributed by atoms with Crippen molar-refractivity contribution >= 4 is 5.57 Å². The quantitative estimate of drug-likeness (QED) is 0.194. The van der Waals surface area contributed by atoms with Crippen molar-refractivity contribution < 1.29 is 23.7 Å². The summed E-state index contributed by atoms with van der Waals surface area (Å²) in [6.07, 6.45) is 13.7. The molecule has 0 bridgehead atoms. The van der Waals surface area contributed by atoms with E-state index in [1.54, 1.807) is 0 Å². The highest BCUT2D eigenvalue weighted by atomic mass is 16.7. The van der Waals surface area contributed by atoms with E-state index in [0.29, 0.717) is 19.8 Å². The Morgan fingerprint density at radius 1 is 0.923 bits per heavy atom. The molecule has 0 amide bonds. The summed E-state index contributed by atoms with van der Waals surface area (Å²) in [4.78, 5) is 0. The minimum absolute atomic E-state index is 0.0851. The molecule has 4 rings (SSSR count). The maximum atomic E-state index is 6.10. The summed E-state index contributed by atoms with van der Waals surface area (Å²) in [7, 11) is 0. The van der Waals surface area contributed by atoms with Crippen molar-refractivity contribution in [3.8, 4) is 11.5 Å². The van der Waals surface area contributed by atoms with Gasteiger partial charge in [-0.25, -0.2) is 0 Å². The Hall–Kier alpha value is -3.12. The van der Waals surface area contributed by atoms with Crippen LogP contribution in [0, 0.1) is 0 Å². The lowest BCUT2D eigenvalue weighted by Gasteiger charge is -2.23. The van der Waals surface area contributed by atoms with Crippen molar-refractivity contribution in [2.75, 3.05) is 26.4 Å². The lowest BCUT2D eigenvalue weighted by atomic mass is 9.87. The number of hydrogen-bond donors (Lipinski definition) is 0. The second kappa shape index (κ2) is 15.5. The van der Waals surface area contributed by atoms with E-state index in [2.05, 4.69) is 68.1 Å². The van der Waals surface area contributed by atoms with Crippen LogP contribution in [0.1, 0.15) is 63.5 Å². The van der Waals surface area contributed by atoms with Gasteiger partial charge in [0.1, 0.15) is 11.5 Å². The Morgan fingerprint density at radius 2 is 1.62 bits per heavy atom. The minimum atomic E-state index is -0.159. The third-order valence-electron chi connectivity index (χ3n) is 6.88. The predicted octanol–water partition coefficient (Wildman–Crippen LogP) is 8.02. The monoisotopic (exact) mass is 530 g/mol. The van der Waals surface area contributed by atoms with E-state index in [9.17, 15) is 0 Å². The van der Waals surface area contributed by atoms with E-state index < -0.39 is 0 Å². The average Bonchev–Trinajstić information content (AvgIpc) is 3.49. The summed E-state index contributed by atoms with van der Waals surface area (Å²) >= 11 is 0. The predicted molar refractivity (Wildman–Crippen MR) is 157 cm³/mol. The molecule has 5 heteroatoms. The molecule has 2 aliphatic heterocycles. The fraction of sp³-hybridized carbons (Fsp3) is 0.412. The third kappa shape index (κ3) is 8.43. The fourth-order valence-corrected chi connectivity index (χ4v) is 4.99. The van der Waals surface area contributed by atoms with Gasteiger partial charge in [0.2, 0.25) is 0 Å². The molecule has 2 heterocycles. The van der Waals surface area contributed by atoms with Gasteiger partial charge in [-0.05, 0) is 84.7 Å². The number of benzene rings is 2. The van der Waals surface area contributed by atoms with Crippen LogP contribution >= 0.6 is 0 Å². The molecule has 0 radical (unpaired) electrons. The summed E-state index contributed by atoms with van der Waals surface area (Å²) in [6.45, 7) is 11.0. The molecule has 0 N–H and O–H groups in total. The molecule has 2 aliphatic rings. The third-order valence-corrected chi connectivity index (χ3v) is 6.88. The first kappa shape index (κ1) is 28.9. The zero-order valence-electron chi connectivity index (χ0n) is 23.4. The van der Waals surface area contributed by atoms with Crippen molar-refractivity contribution in [3.05, 3.63) is 102 Å². The van der Waals surface area contributed by atoms with Crippen molar-refractivity contribution in [2.24, 2.45) is 0 Å². The Kier molecular flexibility index (Phi) is 11.5. The van der Waals surface area contributed by atoms with Gasteiger partial charge in [-0.2, -0.15) is 0 Å². The van der Waals surface area contributed by atoms with Crippen LogP contribution < -0.4 is 9.47 Å². The Balaban J connectivity index is 1.56. The molecule has 2 saturated heterocycles. The Morgan fingerprint density at radius 3 is 2.21 bits per heavy atom. The zero-order chi connectivity index (χ0) is 27.3. The first-order chi connectivity index (χ1) is 19.2. The van der Waals surface area contributed by atoms with Crippen molar-refractivity contribution in [1.82, 2.24) is 0 Å². The fourth-order valence-electron chi connectivity index (χ4n) is 4.99. The Labute approximate surface area is 233 Å². The van der Waals surface area contributed by atoms with Crippen molar-refractivity contribution in [3.63, 3.8) is 0 Å². The van der Waals surface area contributed by atoms with Gasteiger partial charge in [-0.1, -0.05) is 62.1 Å². The van der Waals surface area contributed by atoms with Crippen LogP contribution in [0.4, 0.5) is 0 Å². The summed E-state index contributed by atoms with van der Waals surface area (Å²) in [5, 5.41) is 0. The van der Waals surface area contributed by atoms with Gasteiger partial charge in [0, 0.05) is 12.8 Å². The van der Waals surface area contributed by atoms with Crippen LogP contribution in [-0.2, 0) is 14.2 Å². The van der Waals surface area contributed by atoms with E-state index in [0.717, 1.165) is 73.3 Å². The lowest BCUT2D eigenvalue weighted by Crippen LogP contribution is -2.24. The molecule has 2 fully saturated rings. The Bertz CT molecular complexity index is 1120. The molecule has 0 saturated carbocycles. The minimum Gasteiger partial charge on any atom is -0.494 e. The maximum absolute atomic E-state index is 6.10. The van der Waals surface area contributed by atoms with Crippen LogP contribution in [0.15, 0.2) is 90.6 Å². The van der Waals surface area contributed by atoms with E-state index in [4.69, 9.17) is 23.7 Å². The van der Waals surface area contributed by atoms with Crippen LogP contribution in [0.3, 0.4) is 0 Å². The maximum Gasteiger partial charge on any atom is 0.199 e. The molecule has 1 unspecified atom stereocenters. The molecule has 5 nitrogen and oxygen atoms in total. The molecule has 0 aliphatic carbocycles. The van der Waals surface area contributed by atoms with Gasteiger partial charge in [0.15, 0.2) is 12.6 Å². The standard InChI is InChI=1S/C34H42O5/c1-4-10-26(11-5-2)31(6-3)34(28-16-20-30(21-17-28)39-33-12-7-8-22-36-33)27-14-18-29(19-15-27)35-23-9-13-32-37-24-25-38-32/h4-5,10-11,14-21,32-33H,1,6-9,12-13,22-25H2,2-3H3/b11-5-,26-10+,34-31+. The first-order valence-electron chi connectivity index (χ1n) is 14.3. The summed E-state index contributed by atoms with van der Waals surface area (Å²) in [5.41, 5.74) is 5.86. The molecule has 0 spiro atoms. The zero-order valence-corrected chi connectivity index (χ0v) is 23.4. The van der Waals surface area contributed by atoms with E-state index in [1.807, 2.05) is 25.1 Å². The van der Waals surface area contributed by atoms with Crippen LogP contribution in [0.5, 0.6) is 11.5 Å². The largest absolute Gasteiger partial charge is 0.494 e. The van der Waals surface area contributed by atoms with Crippen molar-refractivity contribution in [2.45, 2.75) is 65.0 Å². The smallest absolute Gasteiger partial charge is 0.199 e. The van der Waals surface area contributed by atoms with Gasteiger partial charge < -0.3 is 23.7 Å². The van der Waals surface area contributed by atoms with E-state index >= 15 is 0 Å². The van der Waals surface area contributed by atoms with Crippen LogP contribution in [0.25, 0.3) is 5.57 Å². The van der Waals surface area contributed by atoms with E-state index in [1.165, 1.54) is 11.1 Å². The topological polar surface area (TPSA) is 46.2 Å². The molecule has 2 aromatic carbocycles. The molecule has 208 valence electrons. The molecule has 39 heavy (non-hydrogen) atoms. The molecule has 2 aromatic rings. The van der Waals surface area contributed by atoms with Gasteiger partial charge in [-0.3, -0.25) is 0 Å². The van der Waals surface area contributed by atoms with E-state index in [-0.39, 0.29) is 12.6 Å². The summed E-state index contributed by atoms with van der Waals surface area (Å²) < 4.78 is 28.9. The van der Waals surface area contributed by atoms with Gasteiger partial charge >= 0.3 is 0 Å². The molecule has 1 atom stereocenters. The highest BCUT2D eigenvalue weighted by Gasteiger charge is 2.18. The second-order valence-electron chi connectivity index (χ2n) is 9.69. The lowest BCUT2D eigenvalue weighted by molar-refractivity contribution is -0.105. The highest BCUT2D eigenvalue weighted by Crippen LogP contribution is 2.35. The molecule has 0 aromatic heterocycles. The molecular weight excluding hydrogens is 488 g/mol. The van der Waals surface area contributed by atoms with Gasteiger partial charge in [-0.15, -0.1) is 0 Å². The van der Waals surface area contributed by atoms with Gasteiger partial charge in [0.05, 0.1) is 26.4 Å². The first-order valence-corrected chi connectivity index (χ1v) is 14.3. The van der Waals surface area contributed by atoms with Crippen molar-refractivity contribution in [1.29, 1.82) is 0 Å². The van der Waals surface area contributed by atoms with Gasteiger partial charge in [0.25, 0.3) is 0 Å². The number of ether oxygens (including phenoxy) is 5.